The summed E-state index contributed by atoms with van der Waals surface area (Å²) in [5.41, 5.74) is 0. The van der Waals surface area contributed by atoms with Crippen molar-refractivity contribution in [3.8, 4) is 0 Å². The van der Waals surface area contributed by atoms with Crippen molar-refractivity contribution in [2.75, 3.05) is 20.0 Å². The molecule has 0 aromatic heterocycles. The van der Waals surface area contributed by atoms with Gasteiger partial charge in [-0.3, -0.25) is 0 Å². The lowest BCUT2D eigenvalue weighted by Crippen LogP contribution is -2.40. The second kappa shape index (κ2) is 4.49. The van der Waals surface area contributed by atoms with Crippen molar-refractivity contribution in [3.63, 3.8) is 0 Å². The molecule has 0 aliphatic heterocycles. The van der Waals surface area contributed by atoms with Gasteiger partial charge in [-0.2, -0.15) is 25.3 Å². The van der Waals surface area contributed by atoms with Gasteiger partial charge in [0.2, 0.25) is 0 Å². The largest absolute Gasteiger partial charge is 0.352 e. The van der Waals surface area contributed by atoms with Crippen LogP contribution in [-0.4, -0.2) is 31.0 Å². The Hall–Kier alpha value is 0.620. The van der Waals surface area contributed by atoms with E-state index < -0.39 is 5.79 Å². The Bertz CT molecular complexity index is 93.7. The summed E-state index contributed by atoms with van der Waals surface area (Å²) < 4.78 is 10.2. The third-order valence-corrected chi connectivity index (χ3v) is 2.89. The number of ether oxygens (including phenoxy) is 2. The number of rotatable bonds is 4. The number of hydrogen-bond donors (Lipinski definition) is 2. The molecule has 0 N–H and O–H groups in total. The van der Waals surface area contributed by atoms with Crippen molar-refractivity contribution >= 4 is 25.3 Å². The van der Waals surface area contributed by atoms with Crippen LogP contribution in [0.1, 0.15) is 6.92 Å². The second-order valence-electron chi connectivity index (χ2n) is 2.12. The van der Waals surface area contributed by atoms with Gasteiger partial charge in [-0.1, -0.05) is 0 Å². The molecule has 1 atom stereocenters. The summed E-state index contributed by atoms with van der Waals surface area (Å²) in [5.74, 6) is 0.00610. The van der Waals surface area contributed by atoms with E-state index in [9.17, 15) is 0 Å². The molecular formula is C6H14O2S2. The molecule has 0 rings (SSSR count). The lowest BCUT2D eigenvalue weighted by Gasteiger charge is -2.30. The Morgan fingerprint density at radius 2 is 1.80 bits per heavy atom. The highest BCUT2D eigenvalue weighted by atomic mass is 32.1. The first-order chi connectivity index (χ1) is 4.60. The van der Waals surface area contributed by atoms with E-state index in [1.165, 1.54) is 0 Å². The normalized spacial score (nSPS) is 15.3. The summed E-state index contributed by atoms with van der Waals surface area (Å²) >= 11 is 8.32. The lowest BCUT2D eigenvalue weighted by atomic mass is 10.2. The Labute approximate surface area is 73.1 Å². The summed E-state index contributed by atoms with van der Waals surface area (Å²) in [6, 6.07) is 0. The molecule has 2 nitrogen and oxygen atoms in total. The molecule has 0 aliphatic rings. The van der Waals surface area contributed by atoms with Crippen molar-refractivity contribution < 1.29 is 9.47 Å². The SMILES string of the molecule is COC(C)(OC)C(S)CS. The van der Waals surface area contributed by atoms with E-state index in [0.29, 0.717) is 5.75 Å². The van der Waals surface area contributed by atoms with Crippen LogP contribution in [0, 0.1) is 0 Å². The molecule has 0 radical (unpaired) electrons. The zero-order valence-corrected chi connectivity index (χ0v) is 8.28. The van der Waals surface area contributed by atoms with Crippen molar-refractivity contribution in [2.45, 2.75) is 18.0 Å². The highest BCUT2D eigenvalue weighted by molar-refractivity contribution is 7.84. The van der Waals surface area contributed by atoms with Crippen molar-refractivity contribution in [1.82, 2.24) is 0 Å². The molecular weight excluding hydrogens is 168 g/mol. The predicted octanol–water partition coefficient (Wildman–Crippen LogP) is 1.22. The monoisotopic (exact) mass is 182 g/mol. The van der Waals surface area contributed by atoms with Crippen LogP contribution in [0.4, 0.5) is 0 Å². The van der Waals surface area contributed by atoms with E-state index in [1.807, 2.05) is 6.92 Å². The maximum absolute atomic E-state index is 5.09. The topological polar surface area (TPSA) is 18.5 Å². The van der Waals surface area contributed by atoms with Gasteiger partial charge in [-0.15, -0.1) is 0 Å². The maximum atomic E-state index is 5.09. The van der Waals surface area contributed by atoms with Gasteiger partial charge >= 0.3 is 0 Å². The number of methoxy groups -OCH3 is 2. The third kappa shape index (κ3) is 2.34. The van der Waals surface area contributed by atoms with Crippen LogP contribution in [0.5, 0.6) is 0 Å². The molecule has 62 valence electrons. The van der Waals surface area contributed by atoms with Crippen molar-refractivity contribution in [2.24, 2.45) is 0 Å². The van der Waals surface area contributed by atoms with Crippen molar-refractivity contribution in [3.05, 3.63) is 0 Å². The predicted molar refractivity (Wildman–Crippen MR) is 49.1 cm³/mol. The van der Waals surface area contributed by atoms with Crippen molar-refractivity contribution in [1.29, 1.82) is 0 Å². The Balaban J connectivity index is 4.02. The van der Waals surface area contributed by atoms with Gasteiger partial charge in [0, 0.05) is 20.0 Å². The van der Waals surface area contributed by atoms with Gasteiger partial charge < -0.3 is 9.47 Å². The minimum atomic E-state index is -0.620. The molecule has 4 heteroatoms. The van der Waals surface area contributed by atoms with Gasteiger partial charge in [0.05, 0.1) is 5.25 Å². The molecule has 0 aromatic rings. The van der Waals surface area contributed by atoms with Gasteiger partial charge in [0.15, 0.2) is 5.79 Å². The Kier molecular flexibility index (Phi) is 4.77. The first kappa shape index (κ1) is 10.6. The molecule has 0 heterocycles. The number of hydrogen-bond acceptors (Lipinski definition) is 4. The Morgan fingerprint density at radius 3 is 1.90 bits per heavy atom. The zero-order valence-electron chi connectivity index (χ0n) is 6.50. The molecule has 0 aromatic carbocycles. The molecule has 0 bridgehead atoms. The van der Waals surface area contributed by atoms with E-state index in [2.05, 4.69) is 25.3 Å². The second-order valence-corrected chi connectivity index (χ2v) is 3.11. The van der Waals surface area contributed by atoms with Crippen LogP contribution in [0.25, 0.3) is 0 Å². The fourth-order valence-electron chi connectivity index (χ4n) is 0.521. The summed E-state index contributed by atoms with van der Waals surface area (Å²) in [6.07, 6.45) is 0. The zero-order chi connectivity index (χ0) is 8.20. The van der Waals surface area contributed by atoms with Crippen LogP contribution < -0.4 is 0 Å². The van der Waals surface area contributed by atoms with Crippen LogP contribution in [0.2, 0.25) is 0 Å². The van der Waals surface area contributed by atoms with Crippen LogP contribution in [0.3, 0.4) is 0 Å². The smallest absolute Gasteiger partial charge is 0.177 e. The van der Waals surface area contributed by atoms with Gasteiger partial charge in [-0.25, -0.2) is 0 Å². The van der Waals surface area contributed by atoms with Crippen LogP contribution in [-0.2, 0) is 9.47 Å². The van der Waals surface area contributed by atoms with E-state index in [1.54, 1.807) is 14.2 Å². The third-order valence-electron chi connectivity index (χ3n) is 1.59. The fraction of sp³-hybridized carbons (Fsp3) is 1.00. The average Bonchev–Trinajstić information content (AvgIpc) is 2.01. The van der Waals surface area contributed by atoms with Crippen LogP contribution in [0.15, 0.2) is 0 Å². The van der Waals surface area contributed by atoms with Crippen LogP contribution >= 0.6 is 25.3 Å². The summed E-state index contributed by atoms with van der Waals surface area (Å²) in [6.45, 7) is 1.83. The summed E-state index contributed by atoms with van der Waals surface area (Å²) in [5, 5.41) is -0.00849. The molecule has 1 unspecified atom stereocenters. The van der Waals surface area contributed by atoms with E-state index in [4.69, 9.17) is 9.47 Å². The average molecular weight is 182 g/mol. The standard InChI is InChI=1S/C6H14O2S2/c1-6(7-2,8-3)5(10)4-9/h5,9-10H,4H2,1-3H3. The first-order valence-electron chi connectivity index (χ1n) is 3.00. The first-order valence-corrected chi connectivity index (χ1v) is 4.14. The molecule has 0 spiro atoms. The fourth-order valence-corrected chi connectivity index (χ4v) is 1.06. The molecule has 0 aliphatic carbocycles. The summed E-state index contributed by atoms with van der Waals surface area (Å²) in [4.78, 5) is 0. The summed E-state index contributed by atoms with van der Waals surface area (Å²) in [7, 11) is 3.19. The van der Waals surface area contributed by atoms with Gasteiger partial charge in [0.1, 0.15) is 0 Å². The van der Waals surface area contributed by atoms with Gasteiger partial charge in [-0.05, 0) is 6.92 Å². The molecule has 0 amide bonds. The van der Waals surface area contributed by atoms with E-state index >= 15 is 0 Å². The lowest BCUT2D eigenvalue weighted by molar-refractivity contribution is -0.189. The molecule has 0 fully saturated rings. The Morgan fingerprint density at radius 1 is 1.40 bits per heavy atom. The van der Waals surface area contributed by atoms with E-state index in [-0.39, 0.29) is 5.25 Å². The quantitative estimate of drug-likeness (QED) is 0.503. The van der Waals surface area contributed by atoms with Gasteiger partial charge in [0.25, 0.3) is 0 Å². The minimum Gasteiger partial charge on any atom is -0.352 e. The number of thiol groups is 2. The minimum absolute atomic E-state index is 0.00849. The highest BCUT2D eigenvalue weighted by Crippen LogP contribution is 2.20. The molecule has 0 saturated heterocycles. The maximum Gasteiger partial charge on any atom is 0.177 e. The van der Waals surface area contributed by atoms with E-state index in [0.717, 1.165) is 0 Å². The highest BCUT2D eigenvalue weighted by Gasteiger charge is 2.30. The molecule has 0 saturated carbocycles. The molecule has 10 heavy (non-hydrogen) atoms.